The van der Waals surface area contributed by atoms with E-state index in [9.17, 15) is 28.8 Å². The average Bonchev–Trinajstić information content (AvgIpc) is 3.27. The molecule has 6 aromatic carbocycles. The van der Waals surface area contributed by atoms with E-state index in [1.807, 2.05) is 95.9 Å². The van der Waals surface area contributed by atoms with E-state index in [1.165, 1.54) is 18.2 Å². The van der Waals surface area contributed by atoms with Crippen LogP contribution in [-0.2, 0) is 0 Å². The van der Waals surface area contributed by atoms with Crippen LogP contribution in [0, 0.1) is 0 Å². The number of carbonyl (C=O) groups excluding carboxylic acids is 3. The third-order valence-electron chi connectivity index (χ3n) is 10.8. The molecule has 3 aromatic heterocycles. The number of nitrogens with zero attached hydrogens (tertiary/aromatic N) is 1. The summed E-state index contributed by atoms with van der Waals surface area (Å²) >= 11 is 0. The molecule has 9 aromatic rings. The van der Waals surface area contributed by atoms with E-state index in [4.69, 9.17) is 13.3 Å². The van der Waals surface area contributed by atoms with Gasteiger partial charge in [0.05, 0.1) is 0 Å². The molecule has 0 radical (unpaired) electrons. The van der Waals surface area contributed by atoms with Gasteiger partial charge in [0.1, 0.15) is 33.4 Å². The quantitative estimate of drug-likeness (QED) is 0.0929. The van der Waals surface area contributed by atoms with Crippen LogP contribution in [0.3, 0.4) is 0 Å². The van der Waals surface area contributed by atoms with E-state index >= 15 is 0 Å². The van der Waals surface area contributed by atoms with Crippen molar-refractivity contribution >= 4 is 82.9 Å². The molecule has 0 saturated carbocycles. The molecule has 9 rings (SSSR count). The van der Waals surface area contributed by atoms with Crippen molar-refractivity contribution in [3.63, 3.8) is 0 Å². The maximum Gasteiger partial charge on any atom is 0.349 e. The molecule has 3 heterocycles. The maximum atomic E-state index is 13.4. The molecule has 61 heavy (non-hydrogen) atoms. The predicted octanol–water partition coefficient (Wildman–Crippen LogP) is 6.36. The Labute approximate surface area is 345 Å². The summed E-state index contributed by atoms with van der Waals surface area (Å²) in [5, 5.41) is 15.5. The molecule has 0 bridgehead atoms. The zero-order chi connectivity index (χ0) is 42.0. The highest BCUT2D eigenvalue weighted by atomic mass is 16.4. The largest absolute Gasteiger partial charge is 0.422 e. The van der Waals surface area contributed by atoms with E-state index in [1.54, 1.807) is 18.2 Å². The van der Waals surface area contributed by atoms with Gasteiger partial charge >= 0.3 is 16.9 Å². The van der Waals surface area contributed by atoms with Crippen LogP contribution < -0.4 is 32.8 Å². The summed E-state index contributed by atoms with van der Waals surface area (Å²) in [7, 11) is 0. The lowest BCUT2D eigenvalue weighted by molar-refractivity contribution is 0.0944. The molecule has 0 aliphatic carbocycles. The van der Waals surface area contributed by atoms with Gasteiger partial charge in [0.25, 0.3) is 17.7 Å². The first kappa shape index (κ1) is 38.6. The molecule has 13 heteroatoms. The molecule has 0 fully saturated rings. The maximum absolute atomic E-state index is 13.4. The van der Waals surface area contributed by atoms with Crippen LogP contribution in [0.1, 0.15) is 31.1 Å². The van der Waals surface area contributed by atoms with Gasteiger partial charge in [0, 0.05) is 55.4 Å². The third kappa shape index (κ3) is 7.73. The van der Waals surface area contributed by atoms with Crippen molar-refractivity contribution in [2.24, 2.45) is 0 Å². The number of nitrogens with one attached hydrogen (secondary N) is 3. The SMILES string of the molecule is O=C(NCCN(CCNC(=O)c1cc2c(ccc3ccccc32)oc1=O)CCNC(=O)c1cc2c(ccc3ccccc32)oc1=O)c1cc2c(ccc3ccccc32)oc1=O. The number of carbonyl (C=O) groups is 3. The van der Waals surface area contributed by atoms with Crippen molar-refractivity contribution in [3.8, 4) is 0 Å². The van der Waals surface area contributed by atoms with E-state index in [-0.39, 0.29) is 56.0 Å². The van der Waals surface area contributed by atoms with Gasteiger partial charge in [-0.2, -0.15) is 0 Å². The second-order valence-corrected chi connectivity index (χ2v) is 14.5. The molecule has 0 aliphatic heterocycles. The van der Waals surface area contributed by atoms with E-state index in [0.29, 0.717) is 32.9 Å². The third-order valence-corrected chi connectivity index (χ3v) is 10.8. The summed E-state index contributed by atoms with van der Waals surface area (Å²) < 4.78 is 16.5. The predicted molar refractivity (Wildman–Crippen MR) is 233 cm³/mol. The Kier molecular flexibility index (Phi) is 10.4. The fourth-order valence-corrected chi connectivity index (χ4v) is 7.69. The van der Waals surface area contributed by atoms with Crippen molar-refractivity contribution in [3.05, 3.63) is 175 Å². The summed E-state index contributed by atoms with van der Waals surface area (Å²) in [4.78, 5) is 80.7. The fourth-order valence-electron chi connectivity index (χ4n) is 7.69. The highest BCUT2D eigenvalue weighted by Crippen LogP contribution is 2.27. The van der Waals surface area contributed by atoms with Gasteiger partial charge in [-0.3, -0.25) is 19.3 Å². The first-order valence-electron chi connectivity index (χ1n) is 19.7. The van der Waals surface area contributed by atoms with E-state index in [2.05, 4.69) is 16.0 Å². The molecule has 3 N–H and O–H groups in total. The summed E-state index contributed by atoms with van der Waals surface area (Å²) in [6, 6.07) is 37.9. The van der Waals surface area contributed by atoms with Crippen LogP contribution >= 0.6 is 0 Å². The Morgan fingerprint density at radius 2 is 0.689 bits per heavy atom. The minimum absolute atomic E-state index is 0.0798. The molecule has 13 nitrogen and oxygen atoms in total. The van der Waals surface area contributed by atoms with Crippen molar-refractivity contribution < 1.29 is 27.6 Å². The van der Waals surface area contributed by atoms with E-state index < -0.39 is 34.6 Å². The minimum Gasteiger partial charge on any atom is -0.422 e. The minimum atomic E-state index is -0.778. The number of hydrogen-bond donors (Lipinski definition) is 3. The van der Waals surface area contributed by atoms with Crippen molar-refractivity contribution in [1.82, 2.24) is 20.9 Å². The molecule has 0 atom stereocenters. The van der Waals surface area contributed by atoms with Crippen molar-refractivity contribution in [1.29, 1.82) is 0 Å². The summed E-state index contributed by atoms with van der Waals surface area (Å²) in [6.45, 7) is 0.928. The monoisotopic (exact) mass is 812 g/mol. The van der Waals surface area contributed by atoms with Crippen LogP contribution in [0.15, 0.2) is 155 Å². The topological polar surface area (TPSA) is 181 Å². The molecule has 302 valence electrons. The summed E-state index contributed by atoms with van der Waals surface area (Å²) in [5.41, 5.74) is -1.71. The number of amides is 3. The second kappa shape index (κ2) is 16.4. The van der Waals surface area contributed by atoms with Crippen molar-refractivity contribution in [2.75, 3.05) is 39.3 Å². The van der Waals surface area contributed by atoms with Crippen LogP contribution in [0.4, 0.5) is 0 Å². The van der Waals surface area contributed by atoms with Gasteiger partial charge in [-0.15, -0.1) is 0 Å². The molecule has 0 unspecified atom stereocenters. The lowest BCUT2D eigenvalue weighted by Crippen LogP contribution is -2.43. The van der Waals surface area contributed by atoms with E-state index in [0.717, 1.165) is 32.3 Å². The number of benzene rings is 6. The Morgan fingerprint density at radius 3 is 1.00 bits per heavy atom. The summed E-state index contributed by atoms with van der Waals surface area (Å²) in [5.74, 6) is -1.89. The lowest BCUT2D eigenvalue weighted by atomic mass is 10.0. The Bertz CT molecular complexity index is 3050. The Hall–Kier alpha value is -7.90. The van der Waals surface area contributed by atoms with Gasteiger partial charge in [0.15, 0.2) is 0 Å². The van der Waals surface area contributed by atoms with Gasteiger partial charge in [-0.1, -0.05) is 91.0 Å². The first-order valence-corrected chi connectivity index (χ1v) is 19.7. The van der Waals surface area contributed by atoms with Gasteiger partial charge in [0.2, 0.25) is 0 Å². The standard InChI is InChI=1S/C48H36N4O9/c53-43(37-25-34-31-10-4-1-7-28(31)13-16-40(34)59-46(37)56)49-19-22-52(23-20-50-44(54)38-26-35-32-11-5-2-8-29(32)14-17-41(35)60-47(38)57)24-21-51-45(55)39-27-36-33-12-6-3-9-30(33)15-18-42(36)61-48(39)58/h1-18,25-27H,19-24H2,(H,49,53)(H,50,54)(H,51,55). The van der Waals surface area contributed by atoms with Crippen LogP contribution in [0.5, 0.6) is 0 Å². The zero-order valence-electron chi connectivity index (χ0n) is 32.5. The number of hydrogen-bond acceptors (Lipinski definition) is 10. The van der Waals surface area contributed by atoms with Crippen LogP contribution in [0.25, 0.3) is 65.2 Å². The molecule has 3 amide bonds. The summed E-state index contributed by atoms with van der Waals surface area (Å²) in [6.07, 6.45) is 0. The fraction of sp³-hybridized carbons (Fsp3) is 0.125. The molecule has 0 aliphatic rings. The van der Waals surface area contributed by atoms with Gasteiger partial charge in [-0.05, 0) is 68.7 Å². The van der Waals surface area contributed by atoms with Crippen molar-refractivity contribution in [2.45, 2.75) is 0 Å². The first-order chi connectivity index (χ1) is 29.7. The van der Waals surface area contributed by atoms with Crippen LogP contribution in [0.2, 0.25) is 0 Å². The smallest absolute Gasteiger partial charge is 0.349 e. The average molecular weight is 813 g/mol. The van der Waals surface area contributed by atoms with Gasteiger partial charge in [-0.25, -0.2) is 14.4 Å². The molecular formula is C48H36N4O9. The molecule has 0 saturated heterocycles. The number of rotatable bonds is 12. The molecular weight excluding hydrogens is 777 g/mol. The molecule has 0 spiro atoms. The second-order valence-electron chi connectivity index (χ2n) is 14.5. The van der Waals surface area contributed by atoms with Gasteiger partial charge < -0.3 is 29.2 Å². The highest BCUT2D eigenvalue weighted by molar-refractivity contribution is 6.10. The lowest BCUT2D eigenvalue weighted by Gasteiger charge is -2.23. The Balaban J connectivity index is 0.902. The zero-order valence-corrected chi connectivity index (χ0v) is 32.5. The van der Waals surface area contributed by atoms with Crippen LogP contribution in [-0.4, -0.2) is 61.9 Å². The normalized spacial score (nSPS) is 11.6. The number of fused-ring (bicyclic) bond motifs is 9. The highest BCUT2D eigenvalue weighted by Gasteiger charge is 2.19. The Morgan fingerprint density at radius 1 is 0.393 bits per heavy atom.